The molecule has 0 saturated carbocycles. The van der Waals surface area contributed by atoms with Crippen LogP contribution in [0, 0.1) is 0 Å². The van der Waals surface area contributed by atoms with Crippen molar-refractivity contribution in [2.45, 2.75) is 13.0 Å². The summed E-state index contributed by atoms with van der Waals surface area (Å²) in [6.45, 7) is 2.07. The van der Waals surface area contributed by atoms with Crippen LogP contribution in [0.2, 0.25) is 0 Å². The lowest BCUT2D eigenvalue weighted by molar-refractivity contribution is 0.565. The third-order valence-corrected chi connectivity index (χ3v) is 2.74. The second kappa shape index (κ2) is 5.80. The molecule has 1 atom stereocenters. The molecule has 0 aliphatic carbocycles. The Kier molecular flexibility index (Phi) is 3.90. The Labute approximate surface area is 106 Å². The van der Waals surface area contributed by atoms with Crippen molar-refractivity contribution in [1.29, 1.82) is 0 Å². The van der Waals surface area contributed by atoms with E-state index < -0.39 is 0 Å². The number of para-hydroxylation sites is 2. The van der Waals surface area contributed by atoms with Crippen molar-refractivity contribution >= 4 is 17.5 Å². The molecule has 2 rings (SSSR count). The van der Waals surface area contributed by atoms with Crippen molar-refractivity contribution in [2.24, 2.45) is 4.99 Å². The second-order valence-corrected chi connectivity index (χ2v) is 4.00. The van der Waals surface area contributed by atoms with E-state index in [2.05, 4.69) is 29.4 Å². The van der Waals surface area contributed by atoms with Gasteiger partial charge in [-0.3, -0.25) is 0 Å². The molecule has 90 valence electrons. The van der Waals surface area contributed by atoms with Gasteiger partial charge in [-0.05, 0) is 24.6 Å². The number of isocyanates is 1. The number of aliphatic imine (C=N–C) groups is 1. The fourth-order valence-corrected chi connectivity index (χ4v) is 1.80. The summed E-state index contributed by atoms with van der Waals surface area (Å²) in [6.07, 6.45) is 1.57. The summed E-state index contributed by atoms with van der Waals surface area (Å²) in [7, 11) is 0. The van der Waals surface area contributed by atoms with Gasteiger partial charge in [0, 0.05) is 6.04 Å². The molecule has 1 unspecified atom stereocenters. The monoisotopic (exact) mass is 238 g/mol. The predicted octanol–water partition coefficient (Wildman–Crippen LogP) is 3.83. The van der Waals surface area contributed by atoms with E-state index in [9.17, 15) is 4.79 Å². The maximum Gasteiger partial charge on any atom is 0.240 e. The third kappa shape index (κ3) is 2.84. The first kappa shape index (κ1) is 12.1. The van der Waals surface area contributed by atoms with Crippen LogP contribution < -0.4 is 5.32 Å². The maximum absolute atomic E-state index is 10.4. The van der Waals surface area contributed by atoms with Gasteiger partial charge in [0.25, 0.3) is 0 Å². The fourth-order valence-electron chi connectivity index (χ4n) is 1.80. The molecule has 0 aliphatic heterocycles. The highest BCUT2D eigenvalue weighted by molar-refractivity contribution is 5.68. The standard InChI is InChI=1S/C15H14N2O/c1-12(13-7-3-2-4-8-13)17-15-10-6-5-9-14(15)16-11-18/h2-10,12,17H,1H3. The van der Waals surface area contributed by atoms with Crippen LogP contribution in [0.1, 0.15) is 18.5 Å². The Balaban J connectivity index is 2.22. The van der Waals surface area contributed by atoms with Gasteiger partial charge >= 0.3 is 0 Å². The van der Waals surface area contributed by atoms with Gasteiger partial charge in [0.1, 0.15) is 0 Å². The van der Waals surface area contributed by atoms with Gasteiger partial charge < -0.3 is 5.32 Å². The molecule has 3 heteroatoms. The Morgan fingerprint density at radius 3 is 2.44 bits per heavy atom. The molecule has 0 radical (unpaired) electrons. The lowest BCUT2D eigenvalue weighted by atomic mass is 10.1. The van der Waals surface area contributed by atoms with E-state index >= 15 is 0 Å². The summed E-state index contributed by atoms with van der Waals surface area (Å²) in [4.78, 5) is 14.0. The van der Waals surface area contributed by atoms with Crippen molar-refractivity contribution in [3.63, 3.8) is 0 Å². The quantitative estimate of drug-likeness (QED) is 0.649. The Bertz CT molecular complexity index is 560. The number of rotatable bonds is 4. The van der Waals surface area contributed by atoms with Crippen molar-refractivity contribution in [1.82, 2.24) is 0 Å². The number of nitrogens with one attached hydrogen (secondary N) is 1. The molecule has 3 nitrogen and oxygen atoms in total. The maximum atomic E-state index is 10.4. The number of benzene rings is 2. The largest absolute Gasteiger partial charge is 0.377 e. The minimum absolute atomic E-state index is 0.147. The lowest BCUT2D eigenvalue weighted by Gasteiger charge is -2.16. The van der Waals surface area contributed by atoms with Crippen molar-refractivity contribution < 1.29 is 4.79 Å². The zero-order chi connectivity index (χ0) is 12.8. The molecule has 0 bridgehead atoms. The average Bonchev–Trinajstić information content (AvgIpc) is 2.42. The highest BCUT2D eigenvalue weighted by atomic mass is 16.1. The summed E-state index contributed by atoms with van der Waals surface area (Å²) in [5.41, 5.74) is 2.62. The first-order valence-electron chi connectivity index (χ1n) is 5.79. The molecule has 0 aromatic heterocycles. The highest BCUT2D eigenvalue weighted by Gasteiger charge is 2.07. The molecule has 0 spiro atoms. The van der Waals surface area contributed by atoms with Gasteiger partial charge in [0.2, 0.25) is 6.08 Å². The smallest absolute Gasteiger partial charge is 0.240 e. The summed E-state index contributed by atoms with van der Waals surface area (Å²) in [5, 5.41) is 3.34. The second-order valence-electron chi connectivity index (χ2n) is 4.00. The number of hydrogen-bond donors (Lipinski definition) is 1. The van der Waals surface area contributed by atoms with E-state index in [0.717, 1.165) is 5.69 Å². The van der Waals surface area contributed by atoms with Crippen LogP contribution in [0.15, 0.2) is 59.6 Å². The lowest BCUT2D eigenvalue weighted by Crippen LogP contribution is -2.06. The van der Waals surface area contributed by atoms with E-state index in [1.54, 1.807) is 12.1 Å². The molecular formula is C15H14N2O. The molecule has 2 aromatic carbocycles. The summed E-state index contributed by atoms with van der Waals surface area (Å²) < 4.78 is 0. The first-order chi connectivity index (χ1) is 8.81. The summed E-state index contributed by atoms with van der Waals surface area (Å²) in [6, 6.07) is 17.7. The number of nitrogens with zero attached hydrogens (tertiary/aromatic N) is 1. The molecule has 0 fully saturated rings. The molecule has 1 N–H and O–H groups in total. The first-order valence-corrected chi connectivity index (χ1v) is 5.79. The molecule has 0 heterocycles. The summed E-state index contributed by atoms with van der Waals surface area (Å²) in [5.74, 6) is 0. The zero-order valence-electron chi connectivity index (χ0n) is 10.1. The number of carbonyl (C=O) groups excluding carboxylic acids is 1. The predicted molar refractivity (Wildman–Crippen MR) is 72.7 cm³/mol. The van der Waals surface area contributed by atoms with E-state index in [4.69, 9.17) is 0 Å². The summed E-state index contributed by atoms with van der Waals surface area (Å²) >= 11 is 0. The van der Waals surface area contributed by atoms with Crippen LogP contribution in [-0.4, -0.2) is 6.08 Å². The van der Waals surface area contributed by atoms with Crippen LogP contribution in [0.5, 0.6) is 0 Å². The zero-order valence-corrected chi connectivity index (χ0v) is 10.1. The van der Waals surface area contributed by atoms with E-state index in [1.165, 1.54) is 5.56 Å². The van der Waals surface area contributed by atoms with Gasteiger partial charge in [-0.2, -0.15) is 4.99 Å². The topological polar surface area (TPSA) is 41.5 Å². The van der Waals surface area contributed by atoms with Crippen molar-refractivity contribution in [3.05, 3.63) is 60.2 Å². The Morgan fingerprint density at radius 1 is 1.06 bits per heavy atom. The van der Waals surface area contributed by atoms with Crippen LogP contribution in [0.3, 0.4) is 0 Å². The molecule has 0 amide bonds. The van der Waals surface area contributed by atoms with Gasteiger partial charge in [-0.15, -0.1) is 0 Å². The van der Waals surface area contributed by atoms with E-state index in [-0.39, 0.29) is 6.04 Å². The third-order valence-electron chi connectivity index (χ3n) is 2.74. The van der Waals surface area contributed by atoms with Gasteiger partial charge in [-0.1, -0.05) is 42.5 Å². The Hall–Kier alpha value is -2.38. The minimum atomic E-state index is 0.147. The molecule has 2 aromatic rings. The number of anilines is 1. The highest BCUT2D eigenvalue weighted by Crippen LogP contribution is 2.27. The van der Waals surface area contributed by atoms with Crippen molar-refractivity contribution in [3.8, 4) is 0 Å². The molecular weight excluding hydrogens is 224 g/mol. The van der Waals surface area contributed by atoms with Crippen LogP contribution in [0.4, 0.5) is 11.4 Å². The van der Waals surface area contributed by atoms with Crippen LogP contribution >= 0.6 is 0 Å². The van der Waals surface area contributed by atoms with Gasteiger partial charge in [-0.25, -0.2) is 4.79 Å². The van der Waals surface area contributed by atoms with Crippen molar-refractivity contribution in [2.75, 3.05) is 5.32 Å². The Morgan fingerprint density at radius 2 is 1.72 bits per heavy atom. The average molecular weight is 238 g/mol. The number of hydrogen-bond acceptors (Lipinski definition) is 3. The van der Waals surface area contributed by atoms with Crippen LogP contribution in [0.25, 0.3) is 0 Å². The van der Waals surface area contributed by atoms with E-state index in [0.29, 0.717) is 5.69 Å². The minimum Gasteiger partial charge on any atom is -0.377 e. The van der Waals surface area contributed by atoms with Crippen LogP contribution in [-0.2, 0) is 4.79 Å². The SMILES string of the molecule is CC(Nc1ccccc1N=C=O)c1ccccc1. The van der Waals surface area contributed by atoms with Gasteiger partial charge in [0.15, 0.2) is 0 Å². The van der Waals surface area contributed by atoms with Gasteiger partial charge in [0.05, 0.1) is 11.4 Å². The fraction of sp³-hybridized carbons (Fsp3) is 0.133. The molecule has 0 aliphatic rings. The molecule has 18 heavy (non-hydrogen) atoms. The molecule has 0 saturated heterocycles. The van der Waals surface area contributed by atoms with E-state index in [1.807, 2.05) is 36.4 Å². The normalized spacial score (nSPS) is 11.4.